The van der Waals surface area contributed by atoms with Gasteiger partial charge in [0.25, 0.3) is 0 Å². The summed E-state index contributed by atoms with van der Waals surface area (Å²) in [6.45, 7) is 8.94. The standard InChI is InChI=1S/2C12H13.CH2.2ClH.Hf/c2*1-9(2)11-7-3-5-10-6-4-8-12(10)11;;;;/h2*3-9H,1-2H3;1H2;2*1H;/q;;;;;+2/p-2. The van der Waals surface area contributed by atoms with Gasteiger partial charge < -0.3 is 0 Å². The average molecular weight is 578 g/mol. The zero-order valence-corrected chi connectivity index (χ0v) is 22.2. The molecule has 146 valence electrons. The molecule has 0 heterocycles. The summed E-state index contributed by atoms with van der Waals surface area (Å²) in [6.07, 6.45) is 8.92. The van der Waals surface area contributed by atoms with Gasteiger partial charge in [0.2, 0.25) is 0 Å². The van der Waals surface area contributed by atoms with E-state index >= 15 is 0 Å². The molecule has 2 aromatic carbocycles. The van der Waals surface area contributed by atoms with E-state index in [0.29, 0.717) is 11.8 Å². The third kappa shape index (κ3) is 3.09. The number of halogens is 2. The van der Waals surface area contributed by atoms with E-state index in [0.717, 1.165) is 0 Å². The van der Waals surface area contributed by atoms with Gasteiger partial charge in [-0.1, -0.05) is 0 Å². The molecule has 0 N–H and O–H groups in total. The topological polar surface area (TPSA) is 0 Å². The second kappa shape index (κ2) is 6.89. The fourth-order valence-electron chi connectivity index (χ4n) is 4.95. The first kappa shape index (κ1) is 20.5. The Hall–Kier alpha value is -0.760. The van der Waals surface area contributed by atoms with Crippen molar-refractivity contribution in [3.63, 3.8) is 0 Å². The van der Waals surface area contributed by atoms with E-state index < -0.39 is 15.7 Å². The molecule has 2 atom stereocenters. The Morgan fingerprint density at radius 3 is 1.50 bits per heavy atom. The van der Waals surface area contributed by atoms with E-state index in [2.05, 4.69) is 92.7 Å². The molecular formula is C25H28Cl2Hf. The Morgan fingerprint density at radius 2 is 1.14 bits per heavy atom. The molecule has 28 heavy (non-hydrogen) atoms. The minimum absolute atomic E-state index is 0.0392. The molecule has 0 amide bonds. The monoisotopic (exact) mass is 578 g/mol. The van der Waals surface area contributed by atoms with Crippen molar-refractivity contribution in [2.24, 2.45) is 0 Å². The Kier molecular flexibility index (Phi) is 5.05. The second-order valence-corrected chi connectivity index (χ2v) is 39.4. The predicted molar refractivity (Wildman–Crippen MR) is 123 cm³/mol. The molecule has 2 unspecified atom stereocenters. The summed E-state index contributed by atoms with van der Waals surface area (Å²) < 4.78 is 4.74. The summed E-state index contributed by atoms with van der Waals surface area (Å²) >= 11 is -4.65. The second-order valence-electron chi connectivity index (χ2n) is 9.03. The summed E-state index contributed by atoms with van der Waals surface area (Å²) in [7, 11) is 15.0. The summed E-state index contributed by atoms with van der Waals surface area (Å²) in [5.41, 5.74) is 7.86. The van der Waals surface area contributed by atoms with Crippen LogP contribution in [0.25, 0.3) is 12.2 Å². The van der Waals surface area contributed by atoms with Crippen molar-refractivity contribution in [2.45, 2.75) is 46.9 Å². The SMILES string of the molecule is [CH2]=[Hf]([Cl])([Cl])([CH]1C=Cc2c(C(C)C)cccc21)[CH]1C=Cc2c(C(C)C)cccc21. The van der Waals surface area contributed by atoms with Crippen molar-refractivity contribution in [1.82, 2.24) is 0 Å². The first-order valence-electron chi connectivity index (χ1n) is 10.2. The van der Waals surface area contributed by atoms with Crippen molar-refractivity contribution in [2.75, 3.05) is 0 Å². The zero-order chi connectivity index (χ0) is 20.3. The molecule has 2 aromatic rings. The van der Waals surface area contributed by atoms with Crippen LogP contribution < -0.4 is 0 Å². The van der Waals surface area contributed by atoms with Gasteiger partial charge in [0.05, 0.1) is 0 Å². The van der Waals surface area contributed by atoms with E-state index in [1.807, 2.05) is 0 Å². The van der Waals surface area contributed by atoms with E-state index in [4.69, 9.17) is 17.2 Å². The third-order valence-corrected chi connectivity index (χ3v) is 26.9. The molecule has 0 bridgehead atoms. The van der Waals surface area contributed by atoms with Crippen molar-refractivity contribution in [3.05, 3.63) is 81.9 Å². The number of allylic oxidation sites excluding steroid dienone is 2. The van der Waals surface area contributed by atoms with Gasteiger partial charge in [-0.25, -0.2) is 0 Å². The van der Waals surface area contributed by atoms with Gasteiger partial charge in [-0.2, -0.15) is 0 Å². The van der Waals surface area contributed by atoms with Crippen molar-refractivity contribution in [1.29, 1.82) is 0 Å². The van der Waals surface area contributed by atoms with Crippen LogP contribution in [0.15, 0.2) is 48.6 Å². The fraction of sp³-hybridized carbons (Fsp3) is 0.320. The Morgan fingerprint density at radius 1 is 0.750 bits per heavy atom. The maximum absolute atomic E-state index is 7.49. The quantitative estimate of drug-likeness (QED) is 0.321. The van der Waals surface area contributed by atoms with Crippen LogP contribution in [0.4, 0.5) is 0 Å². The van der Waals surface area contributed by atoms with E-state index in [1.54, 1.807) is 0 Å². The molecule has 0 spiro atoms. The first-order valence-corrected chi connectivity index (χ1v) is 25.8. The summed E-state index contributed by atoms with van der Waals surface area (Å²) in [5, 5.41) is 0. The molecule has 0 saturated heterocycles. The molecule has 2 aliphatic rings. The van der Waals surface area contributed by atoms with Gasteiger partial charge in [0, 0.05) is 0 Å². The molecule has 0 radical (unpaired) electrons. The Balaban J connectivity index is 1.83. The molecule has 0 nitrogen and oxygen atoms in total. The van der Waals surface area contributed by atoms with E-state index in [9.17, 15) is 0 Å². The number of hydrogen-bond donors (Lipinski definition) is 0. The number of benzene rings is 2. The first-order chi connectivity index (χ1) is 13.1. The molecule has 0 aromatic heterocycles. The van der Waals surface area contributed by atoms with Gasteiger partial charge in [0.15, 0.2) is 0 Å². The minimum atomic E-state index is -4.65. The van der Waals surface area contributed by atoms with Crippen LogP contribution in [0, 0.1) is 0 Å². The molecule has 0 aliphatic heterocycles. The summed E-state index contributed by atoms with van der Waals surface area (Å²) in [5.74, 6) is 0.937. The fourth-order valence-corrected chi connectivity index (χ4v) is 22.5. The van der Waals surface area contributed by atoms with E-state index in [-0.39, 0.29) is 7.35 Å². The van der Waals surface area contributed by atoms with Gasteiger partial charge >= 0.3 is 178 Å². The maximum atomic E-state index is 7.49. The molecule has 0 fully saturated rings. The van der Waals surface area contributed by atoms with Gasteiger partial charge in [-0.3, -0.25) is 0 Å². The summed E-state index contributed by atoms with van der Waals surface area (Å²) in [4.78, 5) is 0. The third-order valence-electron chi connectivity index (χ3n) is 6.44. The Bertz CT molecular complexity index is 986. The van der Waals surface area contributed by atoms with Crippen LogP contribution in [-0.2, 0) is 15.7 Å². The van der Waals surface area contributed by atoms with Crippen molar-refractivity contribution < 1.29 is 15.7 Å². The zero-order valence-electron chi connectivity index (χ0n) is 17.0. The van der Waals surface area contributed by atoms with Crippen molar-refractivity contribution in [3.8, 4) is 0 Å². The van der Waals surface area contributed by atoms with Crippen LogP contribution in [0.1, 0.15) is 80.3 Å². The normalized spacial score (nSPS) is 20.9. The van der Waals surface area contributed by atoms with Gasteiger partial charge in [-0.05, 0) is 0 Å². The molecular weight excluding hydrogens is 550 g/mol. The van der Waals surface area contributed by atoms with Crippen LogP contribution >= 0.6 is 17.2 Å². The number of rotatable bonds is 4. The van der Waals surface area contributed by atoms with Crippen LogP contribution in [0.3, 0.4) is 0 Å². The molecule has 0 saturated carbocycles. The number of fused-ring (bicyclic) bond motifs is 2. The molecule has 3 heteroatoms. The van der Waals surface area contributed by atoms with Crippen LogP contribution in [-0.4, -0.2) is 4.26 Å². The van der Waals surface area contributed by atoms with Crippen LogP contribution in [0.5, 0.6) is 0 Å². The Labute approximate surface area is 177 Å². The number of hydrogen-bond acceptors (Lipinski definition) is 0. The van der Waals surface area contributed by atoms with Crippen LogP contribution in [0.2, 0.25) is 0 Å². The molecule has 4 rings (SSSR count). The predicted octanol–water partition coefficient (Wildman–Crippen LogP) is 8.20. The van der Waals surface area contributed by atoms with Crippen molar-refractivity contribution >= 4 is 33.6 Å². The average Bonchev–Trinajstić information content (AvgIpc) is 3.25. The van der Waals surface area contributed by atoms with E-state index in [1.165, 1.54) is 33.4 Å². The molecule has 2 aliphatic carbocycles. The summed E-state index contributed by atoms with van der Waals surface area (Å²) in [6, 6.07) is 13.1. The van der Waals surface area contributed by atoms with Gasteiger partial charge in [0.1, 0.15) is 0 Å². The van der Waals surface area contributed by atoms with Gasteiger partial charge in [-0.15, -0.1) is 0 Å².